The third kappa shape index (κ3) is 4.55. The van der Waals surface area contributed by atoms with Crippen molar-refractivity contribution in [2.75, 3.05) is 5.75 Å². The highest BCUT2D eigenvalue weighted by Gasteiger charge is 2.50. The van der Waals surface area contributed by atoms with Crippen molar-refractivity contribution in [2.24, 2.45) is 5.92 Å². The lowest BCUT2D eigenvalue weighted by Gasteiger charge is -2.40. The van der Waals surface area contributed by atoms with E-state index in [9.17, 15) is 25.6 Å². The summed E-state index contributed by atoms with van der Waals surface area (Å²) in [6, 6.07) is 8.34. The number of hydrogen-bond donors (Lipinski definition) is 0. The van der Waals surface area contributed by atoms with Crippen LogP contribution in [-0.4, -0.2) is 28.0 Å². The lowest BCUT2D eigenvalue weighted by molar-refractivity contribution is 0.234. The van der Waals surface area contributed by atoms with Crippen LogP contribution < -0.4 is 0 Å². The smallest absolute Gasteiger partial charge is 0.201 e. The molecule has 0 saturated heterocycles. The highest BCUT2D eigenvalue weighted by molar-refractivity contribution is 7.92. The predicted octanol–water partition coefficient (Wildman–Crippen LogP) is 5.15. The van der Waals surface area contributed by atoms with Crippen LogP contribution in [0.2, 0.25) is 5.02 Å². The first kappa shape index (κ1) is 24.2. The minimum Gasteiger partial charge on any atom is -0.482 e. The first-order valence-corrected chi connectivity index (χ1v) is 14.1. The van der Waals surface area contributed by atoms with Crippen LogP contribution in [0.1, 0.15) is 37.7 Å². The van der Waals surface area contributed by atoms with Crippen LogP contribution in [-0.2, 0) is 29.2 Å². The summed E-state index contributed by atoms with van der Waals surface area (Å²) in [6.45, 7) is 0. The number of halogens is 3. The Morgan fingerprint density at radius 1 is 1.00 bits per heavy atom. The first-order chi connectivity index (χ1) is 15.5. The van der Waals surface area contributed by atoms with Crippen LogP contribution in [0.4, 0.5) is 8.78 Å². The van der Waals surface area contributed by atoms with Crippen molar-refractivity contribution in [3.8, 4) is 0 Å². The van der Waals surface area contributed by atoms with Gasteiger partial charge in [0.25, 0.3) is 0 Å². The average molecular weight is 517 g/mol. The van der Waals surface area contributed by atoms with Gasteiger partial charge in [-0.2, -0.15) is 0 Å². The lowest BCUT2D eigenvalue weighted by atomic mass is 9.78. The van der Waals surface area contributed by atoms with E-state index in [2.05, 4.69) is 0 Å². The van der Waals surface area contributed by atoms with Gasteiger partial charge in [0.15, 0.2) is 19.7 Å². The van der Waals surface area contributed by atoms with Crippen LogP contribution in [0.25, 0.3) is 0 Å². The number of hydrogen-bond acceptors (Lipinski definition) is 5. The van der Waals surface area contributed by atoms with Crippen LogP contribution in [0, 0.1) is 17.6 Å². The van der Waals surface area contributed by atoms with Crippen molar-refractivity contribution in [3.63, 3.8) is 0 Å². The third-order valence-corrected chi connectivity index (χ3v) is 11.3. The topological polar surface area (TPSA) is 77.5 Å². The molecule has 4 rings (SSSR count). The van der Waals surface area contributed by atoms with Gasteiger partial charge >= 0.3 is 0 Å². The standard InChI is InChI=1S/C23H23ClF2O5S2/c24-17-3-6-19(7-4-17)33(29,30)23(20-14-18(25)5-8-21(20)26)11-9-16(10-12-23)15-32(27,28)22-2-1-13-31-22/h1,3-8,13-14,16,22H,2,9-12,15H2/t16-,22?,23+. The van der Waals surface area contributed by atoms with Crippen molar-refractivity contribution in [1.82, 2.24) is 0 Å². The van der Waals surface area contributed by atoms with E-state index >= 15 is 0 Å². The Labute approximate surface area is 197 Å². The van der Waals surface area contributed by atoms with E-state index < -0.39 is 41.5 Å². The number of sulfone groups is 2. The van der Waals surface area contributed by atoms with Crippen LogP contribution in [0.15, 0.2) is 59.7 Å². The van der Waals surface area contributed by atoms with E-state index in [0.717, 1.165) is 18.2 Å². The maximum absolute atomic E-state index is 14.9. The van der Waals surface area contributed by atoms with Crippen LogP contribution in [0.3, 0.4) is 0 Å². The second-order valence-corrected chi connectivity index (χ2v) is 13.4. The van der Waals surface area contributed by atoms with Crippen molar-refractivity contribution in [1.29, 1.82) is 0 Å². The maximum Gasteiger partial charge on any atom is 0.201 e. The summed E-state index contributed by atoms with van der Waals surface area (Å²) in [6.07, 6.45) is 3.65. The molecule has 1 aliphatic heterocycles. The van der Waals surface area contributed by atoms with Crippen molar-refractivity contribution in [2.45, 2.75) is 47.2 Å². The molecule has 0 radical (unpaired) electrons. The molecule has 2 aromatic rings. The summed E-state index contributed by atoms with van der Waals surface area (Å²) < 4.78 is 85.4. The fourth-order valence-corrected chi connectivity index (χ4v) is 8.85. The molecule has 2 aliphatic rings. The number of ether oxygens (including phenoxy) is 1. The molecule has 5 nitrogen and oxygen atoms in total. The molecule has 1 fully saturated rings. The van der Waals surface area contributed by atoms with E-state index in [1.807, 2.05) is 0 Å². The van der Waals surface area contributed by atoms with Gasteiger partial charge in [0, 0.05) is 17.0 Å². The van der Waals surface area contributed by atoms with Gasteiger partial charge in [-0.05, 0) is 80.1 Å². The Morgan fingerprint density at radius 2 is 1.67 bits per heavy atom. The van der Waals surface area contributed by atoms with Crippen molar-refractivity contribution < 1.29 is 30.4 Å². The van der Waals surface area contributed by atoms with E-state index in [4.69, 9.17) is 16.3 Å². The Kier molecular flexibility index (Phi) is 6.59. The minimum atomic E-state index is -4.16. The normalized spacial score (nSPS) is 25.7. The zero-order valence-corrected chi connectivity index (χ0v) is 20.0. The SMILES string of the molecule is O=S(=O)(C[C@H]1CC[C@@](c2cc(F)ccc2F)(S(=O)(=O)c2ccc(Cl)cc2)CC1)C1CC=CO1. The summed E-state index contributed by atoms with van der Waals surface area (Å²) in [5.41, 5.74) is -1.16. The zero-order valence-electron chi connectivity index (χ0n) is 17.6. The molecule has 1 saturated carbocycles. The summed E-state index contributed by atoms with van der Waals surface area (Å²) in [4.78, 5) is -0.0490. The van der Waals surface area contributed by atoms with E-state index in [1.165, 1.54) is 30.5 Å². The summed E-state index contributed by atoms with van der Waals surface area (Å²) >= 11 is 5.90. The molecule has 2 aromatic carbocycles. The second kappa shape index (κ2) is 9.00. The minimum absolute atomic E-state index is 0.0394. The van der Waals surface area contributed by atoms with Crippen LogP contribution >= 0.6 is 11.6 Å². The number of benzene rings is 2. The first-order valence-electron chi connectivity index (χ1n) is 10.5. The molecule has 0 N–H and O–H groups in total. The van der Waals surface area contributed by atoms with Gasteiger partial charge in [-0.1, -0.05) is 11.6 Å². The van der Waals surface area contributed by atoms with E-state index in [-0.39, 0.29) is 54.2 Å². The molecule has 33 heavy (non-hydrogen) atoms. The van der Waals surface area contributed by atoms with Gasteiger partial charge in [0.1, 0.15) is 16.4 Å². The van der Waals surface area contributed by atoms with Crippen LogP contribution in [0.5, 0.6) is 0 Å². The summed E-state index contributed by atoms with van der Waals surface area (Å²) in [7, 11) is -7.72. The largest absolute Gasteiger partial charge is 0.482 e. The van der Waals surface area contributed by atoms with E-state index in [0.29, 0.717) is 5.02 Å². The Hall–Kier alpha value is -1.97. The molecule has 1 heterocycles. The molecule has 1 aliphatic carbocycles. The van der Waals surface area contributed by atoms with Crippen molar-refractivity contribution >= 4 is 31.3 Å². The predicted molar refractivity (Wildman–Crippen MR) is 121 cm³/mol. The quantitative estimate of drug-likeness (QED) is 0.530. The second-order valence-electron chi connectivity index (χ2n) is 8.52. The Morgan fingerprint density at radius 3 is 2.27 bits per heavy atom. The van der Waals surface area contributed by atoms with Gasteiger partial charge in [0.2, 0.25) is 5.44 Å². The third-order valence-electron chi connectivity index (χ3n) is 6.49. The highest BCUT2D eigenvalue weighted by atomic mass is 35.5. The monoisotopic (exact) mass is 516 g/mol. The molecule has 0 bridgehead atoms. The Bertz CT molecular complexity index is 1260. The van der Waals surface area contributed by atoms with Gasteiger partial charge in [-0.15, -0.1) is 0 Å². The molecular formula is C23H23ClF2O5S2. The van der Waals surface area contributed by atoms with Crippen molar-refractivity contribution in [3.05, 3.63) is 77.0 Å². The molecule has 10 heteroatoms. The molecule has 178 valence electrons. The highest BCUT2D eigenvalue weighted by Crippen LogP contribution is 2.49. The van der Waals surface area contributed by atoms with E-state index in [1.54, 1.807) is 6.08 Å². The molecule has 1 unspecified atom stereocenters. The zero-order chi connectivity index (χ0) is 23.9. The lowest BCUT2D eigenvalue weighted by Crippen LogP contribution is -2.42. The fraction of sp³-hybridized carbons (Fsp3) is 0.391. The Balaban J connectivity index is 1.69. The molecule has 0 amide bonds. The van der Waals surface area contributed by atoms with Gasteiger partial charge in [-0.3, -0.25) is 0 Å². The van der Waals surface area contributed by atoms with Gasteiger partial charge in [-0.25, -0.2) is 25.6 Å². The maximum atomic E-state index is 14.9. The van der Waals surface area contributed by atoms with Gasteiger partial charge in [0.05, 0.1) is 16.9 Å². The molecule has 0 aromatic heterocycles. The summed E-state index contributed by atoms with van der Waals surface area (Å²) in [5, 5.41) is 0.345. The van der Waals surface area contributed by atoms with Gasteiger partial charge < -0.3 is 4.74 Å². The summed E-state index contributed by atoms with van der Waals surface area (Å²) in [5.74, 6) is -2.02. The average Bonchev–Trinajstić information content (AvgIpc) is 3.32. The fourth-order valence-electron chi connectivity index (χ4n) is 4.71. The number of rotatable bonds is 6. The molecule has 1 atom stereocenters. The molecule has 0 spiro atoms. The molecular weight excluding hydrogens is 494 g/mol.